The summed E-state index contributed by atoms with van der Waals surface area (Å²) in [7, 11) is -4.13. The van der Waals surface area contributed by atoms with Crippen molar-refractivity contribution in [3.05, 3.63) is 131 Å². The predicted octanol–water partition coefficient (Wildman–Crippen LogP) is 5.97. The SMILES string of the molecule is Cc1ccc(CN(C(=O)CN(c2cc(C)cc(C)c2)S(=O)(=O)c2ccccc2)[C@H](Cc2ccccc2)C(=O)NC(C)C)cc1. The van der Waals surface area contributed by atoms with Crippen molar-refractivity contribution in [3.63, 3.8) is 0 Å². The van der Waals surface area contributed by atoms with Crippen molar-refractivity contribution in [3.8, 4) is 0 Å². The number of hydrogen-bond acceptors (Lipinski definition) is 4. The maximum atomic E-state index is 14.5. The van der Waals surface area contributed by atoms with E-state index in [0.29, 0.717) is 5.69 Å². The highest BCUT2D eigenvalue weighted by Gasteiger charge is 2.35. The summed E-state index contributed by atoms with van der Waals surface area (Å²) >= 11 is 0. The third-order valence-corrected chi connectivity index (χ3v) is 9.07. The Morgan fingerprint density at radius 1 is 0.727 bits per heavy atom. The summed E-state index contributed by atoms with van der Waals surface area (Å²) in [6.07, 6.45) is 0.270. The highest BCUT2D eigenvalue weighted by Crippen LogP contribution is 2.27. The molecule has 4 aromatic carbocycles. The average Bonchev–Trinajstić information content (AvgIpc) is 2.98. The second-order valence-corrected chi connectivity index (χ2v) is 13.4. The van der Waals surface area contributed by atoms with Crippen LogP contribution in [0.3, 0.4) is 0 Å². The molecule has 0 saturated carbocycles. The second-order valence-electron chi connectivity index (χ2n) is 11.5. The van der Waals surface area contributed by atoms with E-state index in [1.54, 1.807) is 30.3 Å². The standard InChI is InChI=1S/C36H41N3O4S/c1-26(2)37-36(41)34(23-30-12-8-6-9-13-30)38(24-31-18-16-27(3)17-19-31)35(40)25-39(32-21-28(4)20-29(5)22-32)44(42,43)33-14-10-7-11-15-33/h6-22,26,34H,23-25H2,1-5H3,(H,37,41)/t34-/m1/s1. The first-order chi connectivity index (χ1) is 20.9. The first-order valence-electron chi connectivity index (χ1n) is 14.8. The fourth-order valence-corrected chi connectivity index (χ4v) is 6.59. The fourth-order valence-electron chi connectivity index (χ4n) is 5.17. The van der Waals surface area contributed by atoms with Gasteiger partial charge in [0.2, 0.25) is 11.8 Å². The van der Waals surface area contributed by atoms with Gasteiger partial charge in [0.15, 0.2) is 0 Å². The van der Waals surface area contributed by atoms with Crippen molar-refractivity contribution in [1.29, 1.82) is 0 Å². The van der Waals surface area contributed by atoms with E-state index in [9.17, 15) is 18.0 Å². The molecule has 0 radical (unpaired) electrons. The Labute approximate surface area is 261 Å². The lowest BCUT2D eigenvalue weighted by molar-refractivity contribution is -0.140. The van der Waals surface area contributed by atoms with E-state index in [4.69, 9.17) is 0 Å². The number of carbonyl (C=O) groups is 2. The van der Waals surface area contributed by atoms with Crippen LogP contribution in [-0.2, 0) is 32.6 Å². The van der Waals surface area contributed by atoms with E-state index in [0.717, 1.165) is 32.1 Å². The maximum Gasteiger partial charge on any atom is 0.264 e. The van der Waals surface area contributed by atoms with Crippen LogP contribution in [0.2, 0.25) is 0 Å². The molecular formula is C36H41N3O4S. The lowest BCUT2D eigenvalue weighted by Gasteiger charge is -2.34. The third-order valence-electron chi connectivity index (χ3n) is 7.28. The molecule has 2 amide bonds. The Morgan fingerprint density at radius 3 is 1.86 bits per heavy atom. The van der Waals surface area contributed by atoms with Crippen LogP contribution in [0.15, 0.2) is 108 Å². The molecule has 0 unspecified atom stereocenters. The highest BCUT2D eigenvalue weighted by atomic mass is 32.2. The first kappa shape index (κ1) is 32.5. The lowest BCUT2D eigenvalue weighted by atomic mass is 10.0. The molecule has 0 aliphatic rings. The minimum atomic E-state index is -4.13. The van der Waals surface area contributed by atoms with E-state index in [1.165, 1.54) is 17.0 Å². The van der Waals surface area contributed by atoms with Gasteiger partial charge in [0, 0.05) is 19.0 Å². The molecule has 0 aliphatic carbocycles. The van der Waals surface area contributed by atoms with Crippen LogP contribution in [0.4, 0.5) is 5.69 Å². The van der Waals surface area contributed by atoms with Crippen LogP contribution in [-0.4, -0.2) is 43.8 Å². The maximum absolute atomic E-state index is 14.5. The van der Waals surface area contributed by atoms with Gasteiger partial charge in [-0.1, -0.05) is 84.4 Å². The molecule has 1 N–H and O–H groups in total. The molecule has 0 spiro atoms. The molecule has 8 heteroatoms. The van der Waals surface area contributed by atoms with Gasteiger partial charge in [-0.05, 0) is 81.1 Å². The summed E-state index contributed by atoms with van der Waals surface area (Å²) in [5.74, 6) is -0.780. The predicted molar refractivity (Wildman–Crippen MR) is 176 cm³/mol. The molecule has 4 rings (SSSR count). The summed E-state index contributed by atoms with van der Waals surface area (Å²) in [6.45, 7) is 9.16. The van der Waals surface area contributed by atoms with Crippen LogP contribution in [0.25, 0.3) is 0 Å². The molecule has 0 aliphatic heterocycles. The average molecular weight is 612 g/mol. The molecule has 0 saturated heterocycles. The Hall–Kier alpha value is -4.43. The number of sulfonamides is 1. The summed E-state index contributed by atoms with van der Waals surface area (Å²) in [4.78, 5) is 29.9. The van der Waals surface area contributed by atoms with Gasteiger partial charge in [-0.15, -0.1) is 0 Å². The molecule has 7 nitrogen and oxygen atoms in total. The van der Waals surface area contributed by atoms with Crippen LogP contribution in [0.5, 0.6) is 0 Å². The van der Waals surface area contributed by atoms with Crippen LogP contribution in [0, 0.1) is 20.8 Å². The monoisotopic (exact) mass is 611 g/mol. The Balaban J connectivity index is 1.82. The van der Waals surface area contributed by atoms with Gasteiger partial charge in [-0.2, -0.15) is 0 Å². The van der Waals surface area contributed by atoms with Gasteiger partial charge >= 0.3 is 0 Å². The largest absolute Gasteiger partial charge is 0.352 e. The first-order valence-corrected chi connectivity index (χ1v) is 16.2. The number of amides is 2. The third kappa shape index (κ3) is 8.35. The smallest absolute Gasteiger partial charge is 0.264 e. The number of anilines is 1. The molecule has 0 heterocycles. The van der Waals surface area contributed by atoms with Crippen molar-refractivity contribution >= 4 is 27.5 Å². The van der Waals surface area contributed by atoms with Gasteiger partial charge in [-0.25, -0.2) is 8.42 Å². The van der Waals surface area contributed by atoms with E-state index in [-0.39, 0.29) is 29.8 Å². The van der Waals surface area contributed by atoms with Gasteiger partial charge in [-0.3, -0.25) is 13.9 Å². The van der Waals surface area contributed by atoms with Crippen LogP contribution >= 0.6 is 0 Å². The van der Waals surface area contributed by atoms with Gasteiger partial charge in [0.25, 0.3) is 10.0 Å². The number of hydrogen-bond donors (Lipinski definition) is 1. The topological polar surface area (TPSA) is 86.8 Å². The van der Waals surface area contributed by atoms with E-state index < -0.39 is 28.5 Å². The van der Waals surface area contributed by atoms with Gasteiger partial charge in [0.05, 0.1) is 10.6 Å². The molecule has 0 aromatic heterocycles. The lowest BCUT2D eigenvalue weighted by Crippen LogP contribution is -2.54. The fraction of sp³-hybridized carbons (Fsp3) is 0.278. The zero-order chi connectivity index (χ0) is 31.9. The minimum absolute atomic E-state index is 0.0791. The van der Waals surface area contributed by atoms with Crippen LogP contribution in [0.1, 0.15) is 41.7 Å². The van der Waals surface area contributed by atoms with E-state index in [2.05, 4.69) is 5.32 Å². The summed E-state index contributed by atoms with van der Waals surface area (Å²) in [5.41, 5.74) is 4.93. The molecule has 4 aromatic rings. The summed E-state index contributed by atoms with van der Waals surface area (Å²) in [5, 5.41) is 2.98. The van der Waals surface area contributed by atoms with Crippen molar-refractivity contribution < 1.29 is 18.0 Å². The quantitative estimate of drug-likeness (QED) is 0.214. The number of benzene rings is 4. The van der Waals surface area contributed by atoms with Gasteiger partial charge in [0.1, 0.15) is 12.6 Å². The van der Waals surface area contributed by atoms with Crippen LogP contribution < -0.4 is 9.62 Å². The van der Waals surface area contributed by atoms with E-state index in [1.807, 2.05) is 95.3 Å². The molecule has 44 heavy (non-hydrogen) atoms. The Kier molecular flexibility index (Phi) is 10.6. The number of aryl methyl sites for hydroxylation is 3. The zero-order valence-electron chi connectivity index (χ0n) is 26.0. The molecule has 0 bridgehead atoms. The second kappa shape index (κ2) is 14.4. The zero-order valence-corrected chi connectivity index (χ0v) is 26.8. The summed E-state index contributed by atoms with van der Waals surface area (Å²) in [6, 6.07) is 29.9. The normalized spacial score (nSPS) is 12.0. The van der Waals surface area contributed by atoms with E-state index >= 15 is 0 Å². The van der Waals surface area contributed by atoms with Crippen molar-refractivity contribution in [2.45, 2.75) is 64.6 Å². The molecular weight excluding hydrogens is 570 g/mol. The summed E-state index contributed by atoms with van der Waals surface area (Å²) < 4.78 is 29.4. The molecule has 1 atom stereocenters. The number of carbonyl (C=O) groups excluding carboxylic acids is 2. The van der Waals surface area contributed by atoms with Crippen molar-refractivity contribution in [1.82, 2.24) is 10.2 Å². The minimum Gasteiger partial charge on any atom is -0.352 e. The Morgan fingerprint density at radius 2 is 1.30 bits per heavy atom. The number of nitrogens with zero attached hydrogens (tertiary/aromatic N) is 2. The van der Waals surface area contributed by atoms with Crippen molar-refractivity contribution in [2.24, 2.45) is 0 Å². The number of nitrogens with one attached hydrogen (secondary N) is 1. The highest BCUT2D eigenvalue weighted by molar-refractivity contribution is 7.92. The molecule has 0 fully saturated rings. The van der Waals surface area contributed by atoms with Crippen molar-refractivity contribution in [2.75, 3.05) is 10.8 Å². The molecule has 230 valence electrons. The van der Waals surface area contributed by atoms with Gasteiger partial charge < -0.3 is 10.2 Å². The number of rotatable bonds is 12. The Bertz CT molecular complexity index is 1650.